The molecule has 1 aliphatic rings. The van der Waals surface area contributed by atoms with Crippen LogP contribution >= 0.6 is 0 Å². The molecule has 132 valence electrons. The SMILES string of the molecule is Cc1ccc(Nc2c(C(=O)O)ccc3c2C(=O)c2ccccc2C3=O)cc1. The Kier molecular flexibility index (Phi) is 3.85. The number of ketones is 2. The van der Waals surface area contributed by atoms with Crippen LogP contribution in [0.3, 0.4) is 0 Å². The minimum Gasteiger partial charge on any atom is -0.478 e. The van der Waals surface area contributed by atoms with Crippen LogP contribution in [-0.2, 0) is 0 Å². The van der Waals surface area contributed by atoms with Crippen molar-refractivity contribution in [3.8, 4) is 0 Å². The molecule has 0 saturated carbocycles. The van der Waals surface area contributed by atoms with Gasteiger partial charge in [0.1, 0.15) is 0 Å². The van der Waals surface area contributed by atoms with Crippen LogP contribution in [0.5, 0.6) is 0 Å². The summed E-state index contributed by atoms with van der Waals surface area (Å²) in [4.78, 5) is 37.7. The maximum Gasteiger partial charge on any atom is 0.337 e. The molecule has 0 heterocycles. The van der Waals surface area contributed by atoms with Gasteiger partial charge in [-0.15, -0.1) is 0 Å². The molecule has 0 aliphatic heterocycles. The Hall–Kier alpha value is -3.73. The Morgan fingerprint density at radius 2 is 1.44 bits per heavy atom. The van der Waals surface area contributed by atoms with Gasteiger partial charge in [0.05, 0.1) is 16.8 Å². The van der Waals surface area contributed by atoms with E-state index in [0.29, 0.717) is 11.3 Å². The molecule has 0 amide bonds. The van der Waals surface area contributed by atoms with Gasteiger partial charge < -0.3 is 10.4 Å². The summed E-state index contributed by atoms with van der Waals surface area (Å²) in [5, 5.41) is 12.6. The molecule has 4 rings (SSSR count). The average Bonchev–Trinajstić information content (AvgIpc) is 2.67. The number of rotatable bonds is 3. The molecule has 0 aromatic heterocycles. The normalized spacial score (nSPS) is 12.3. The Labute approximate surface area is 155 Å². The zero-order chi connectivity index (χ0) is 19.1. The molecule has 3 aromatic rings. The summed E-state index contributed by atoms with van der Waals surface area (Å²) in [6.07, 6.45) is 0. The molecule has 27 heavy (non-hydrogen) atoms. The third-order valence-corrected chi connectivity index (χ3v) is 4.64. The minimum absolute atomic E-state index is 0.0603. The van der Waals surface area contributed by atoms with Crippen LogP contribution in [0.4, 0.5) is 11.4 Å². The van der Waals surface area contributed by atoms with E-state index in [2.05, 4.69) is 5.32 Å². The third kappa shape index (κ3) is 2.69. The fraction of sp³-hybridized carbons (Fsp3) is 0.0455. The summed E-state index contributed by atoms with van der Waals surface area (Å²) in [5.41, 5.74) is 2.68. The van der Waals surface area contributed by atoms with E-state index < -0.39 is 5.97 Å². The standard InChI is InChI=1S/C22H15NO4/c1-12-6-8-13(9-7-12)23-19-17(22(26)27)11-10-16-18(19)21(25)15-5-3-2-4-14(15)20(16)24/h2-11,23H,1H3,(H,26,27). The van der Waals surface area contributed by atoms with Crippen LogP contribution in [0.1, 0.15) is 47.8 Å². The van der Waals surface area contributed by atoms with E-state index in [-0.39, 0.29) is 39.5 Å². The molecule has 0 bridgehead atoms. The Morgan fingerprint density at radius 1 is 0.815 bits per heavy atom. The predicted molar refractivity (Wildman–Crippen MR) is 101 cm³/mol. The molecule has 3 aromatic carbocycles. The molecule has 0 unspecified atom stereocenters. The first kappa shape index (κ1) is 16.7. The van der Waals surface area contributed by atoms with E-state index in [1.165, 1.54) is 12.1 Å². The van der Waals surface area contributed by atoms with E-state index in [0.717, 1.165) is 5.56 Å². The number of hydrogen-bond donors (Lipinski definition) is 2. The van der Waals surface area contributed by atoms with Crippen molar-refractivity contribution in [2.75, 3.05) is 5.32 Å². The van der Waals surface area contributed by atoms with Crippen molar-refractivity contribution in [1.29, 1.82) is 0 Å². The number of carbonyl (C=O) groups is 3. The van der Waals surface area contributed by atoms with Crippen molar-refractivity contribution < 1.29 is 19.5 Å². The molecule has 5 heteroatoms. The summed E-state index contributed by atoms with van der Waals surface area (Å²) >= 11 is 0. The Balaban J connectivity index is 1.94. The number of aromatic carboxylic acids is 1. The van der Waals surface area contributed by atoms with E-state index in [9.17, 15) is 19.5 Å². The smallest absolute Gasteiger partial charge is 0.337 e. The topological polar surface area (TPSA) is 83.5 Å². The highest BCUT2D eigenvalue weighted by Gasteiger charge is 2.33. The quantitative estimate of drug-likeness (QED) is 0.574. The lowest BCUT2D eigenvalue weighted by Gasteiger charge is -2.22. The maximum atomic E-state index is 13.1. The number of carboxylic acids is 1. The van der Waals surface area contributed by atoms with Gasteiger partial charge in [-0.3, -0.25) is 9.59 Å². The number of benzene rings is 3. The number of carboxylic acid groups (broad SMARTS) is 1. The van der Waals surface area contributed by atoms with Crippen LogP contribution in [-0.4, -0.2) is 22.6 Å². The van der Waals surface area contributed by atoms with Crippen molar-refractivity contribution >= 4 is 28.9 Å². The van der Waals surface area contributed by atoms with Crippen LogP contribution in [0.25, 0.3) is 0 Å². The van der Waals surface area contributed by atoms with Crippen LogP contribution in [0.2, 0.25) is 0 Å². The number of carbonyl (C=O) groups excluding carboxylic acids is 2. The zero-order valence-corrected chi connectivity index (χ0v) is 14.4. The van der Waals surface area contributed by atoms with Crippen molar-refractivity contribution in [2.24, 2.45) is 0 Å². The largest absolute Gasteiger partial charge is 0.478 e. The van der Waals surface area contributed by atoms with Crippen molar-refractivity contribution in [1.82, 2.24) is 0 Å². The number of nitrogens with one attached hydrogen (secondary N) is 1. The molecule has 2 N–H and O–H groups in total. The minimum atomic E-state index is -1.17. The molecular weight excluding hydrogens is 342 g/mol. The van der Waals surface area contributed by atoms with Crippen LogP contribution in [0, 0.1) is 6.92 Å². The number of fused-ring (bicyclic) bond motifs is 2. The van der Waals surface area contributed by atoms with Gasteiger partial charge in [-0.05, 0) is 31.2 Å². The Bertz CT molecular complexity index is 1110. The van der Waals surface area contributed by atoms with E-state index in [1.807, 2.05) is 19.1 Å². The van der Waals surface area contributed by atoms with Gasteiger partial charge in [-0.2, -0.15) is 0 Å². The van der Waals surface area contributed by atoms with Gasteiger partial charge in [-0.1, -0.05) is 42.0 Å². The summed E-state index contributed by atoms with van der Waals surface area (Å²) < 4.78 is 0. The second-order valence-corrected chi connectivity index (χ2v) is 6.41. The van der Waals surface area contributed by atoms with E-state index in [4.69, 9.17) is 0 Å². The number of anilines is 2. The molecule has 0 saturated heterocycles. The van der Waals surface area contributed by atoms with Gasteiger partial charge in [-0.25, -0.2) is 4.79 Å². The van der Waals surface area contributed by atoms with Crippen LogP contribution < -0.4 is 5.32 Å². The molecular formula is C22H15NO4. The molecule has 0 fully saturated rings. The molecule has 0 radical (unpaired) electrons. The van der Waals surface area contributed by atoms with Crippen molar-refractivity contribution in [3.63, 3.8) is 0 Å². The first-order valence-corrected chi connectivity index (χ1v) is 8.40. The van der Waals surface area contributed by atoms with E-state index in [1.54, 1.807) is 36.4 Å². The average molecular weight is 357 g/mol. The van der Waals surface area contributed by atoms with Gasteiger partial charge in [0, 0.05) is 22.4 Å². The highest BCUT2D eigenvalue weighted by atomic mass is 16.4. The summed E-state index contributed by atoms with van der Waals surface area (Å²) in [6, 6.07) is 16.7. The predicted octanol–water partition coefficient (Wildman–Crippen LogP) is 4.21. The second kappa shape index (κ2) is 6.21. The van der Waals surface area contributed by atoms with Crippen LogP contribution in [0.15, 0.2) is 60.7 Å². The highest BCUT2D eigenvalue weighted by molar-refractivity contribution is 6.31. The lowest BCUT2D eigenvalue weighted by atomic mass is 9.82. The van der Waals surface area contributed by atoms with Gasteiger partial charge in [0.15, 0.2) is 11.6 Å². The van der Waals surface area contributed by atoms with Crippen molar-refractivity contribution in [3.05, 3.63) is 94.0 Å². The fourth-order valence-electron chi connectivity index (χ4n) is 3.28. The summed E-state index contributed by atoms with van der Waals surface area (Å²) in [5.74, 6) is -1.83. The maximum absolute atomic E-state index is 13.1. The van der Waals surface area contributed by atoms with Crippen molar-refractivity contribution in [2.45, 2.75) is 6.92 Å². The highest BCUT2D eigenvalue weighted by Crippen LogP contribution is 2.35. The van der Waals surface area contributed by atoms with Gasteiger partial charge >= 0.3 is 5.97 Å². The Morgan fingerprint density at radius 3 is 2.07 bits per heavy atom. The van der Waals surface area contributed by atoms with Gasteiger partial charge in [0.2, 0.25) is 0 Å². The molecule has 5 nitrogen and oxygen atoms in total. The second-order valence-electron chi connectivity index (χ2n) is 6.41. The first-order chi connectivity index (χ1) is 13.0. The number of hydrogen-bond acceptors (Lipinski definition) is 4. The molecule has 0 atom stereocenters. The lowest BCUT2D eigenvalue weighted by Crippen LogP contribution is -2.23. The first-order valence-electron chi connectivity index (χ1n) is 8.40. The molecule has 1 aliphatic carbocycles. The monoisotopic (exact) mass is 357 g/mol. The lowest BCUT2D eigenvalue weighted by molar-refractivity contribution is 0.0697. The van der Waals surface area contributed by atoms with Gasteiger partial charge in [0.25, 0.3) is 0 Å². The van der Waals surface area contributed by atoms with E-state index >= 15 is 0 Å². The summed E-state index contributed by atoms with van der Waals surface area (Å²) in [7, 11) is 0. The zero-order valence-electron chi connectivity index (χ0n) is 14.4. The molecule has 0 spiro atoms. The number of aryl methyl sites for hydroxylation is 1. The fourth-order valence-corrected chi connectivity index (χ4v) is 3.28. The summed E-state index contributed by atoms with van der Waals surface area (Å²) in [6.45, 7) is 1.94. The third-order valence-electron chi connectivity index (χ3n) is 4.64.